The summed E-state index contributed by atoms with van der Waals surface area (Å²) in [4.78, 5) is 4.76. The fourth-order valence-electron chi connectivity index (χ4n) is 3.26. The summed E-state index contributed by atoms with van der Waals surface area (Å²) in [7, 11) is 1.73. The van der Waals surface area contributed by atoms with E-state index in [0.29, 0.717) is 6.04 Å². The summed E-state index contributed by atoms with van der Waals surface area (Å²) in [6.07, 6.45) is 6.41. The number of fused-ring (bicyclic) bond motifs is 1. The summed E-state index contributed by atoms with van der Waals surface area (Å²) in [6, 6.07) is 8.88. The van der Waals surface area contributed by atoms with Crippen LogP contribution in [0.15, 0.2) is 29.3 Å². The summed E-state index contributed by atoms with van der Waals surface area (Å²) >= 11 is 1.90. The molecule has 0 aromatic heterocycles. The molecule has 3 rings (SSSR count). The zero-order valence-electron chi connectivity index (χ0n) is 12.7. The molecule has 0 amide bonds. The molecule has 1 aliphatic carbocycles. The Kier molecular flexibility index (Phi) is 5.07. The van der Waals surface area contributed by atoms with Crippen LogP contribution in [0.4, 0.5) is 0 Å². The molecule has 2 aliphatic rings. The molecule has 1 aromatic carbocycles. The standard InChI is InChI=1S/C17H24N2OS/c1-20-16-9-5-3-6-13(16)10-11-18-17-19-15-8-4-2-7-14(15)12-21-17/h3,5-6,9,14-15H,2,4,7-8,10-12H2,1H3,(H,18,19). The van der Waals surface area contributed by atoms with Crippen LogP contribution < -0.4 is 10.1 Å². The van der Waals surface area contributed by atoms with Crippen molar-refractivity contribution >= 4 is 16.9 Å². The third-order valence-electron chi connectivity index (χ3n) is 4.48. The molecule has 0 radical (unpaired) electrons. The average molecular weight is 304 g/mol. The van der Waals surface area contributed by atoms with Gasteiger partial charge in [-0.1, -0.05) is 42.8 Å². The highest BCUT2D eigenvalue weighted by Crippen LogP contribution is 2.31. The lowest BCUT2D eigenvalue weighted by molar-refractivity contribution is 0.311. The van der Waals surface area contributed by atoms with Gasteiger partial charge in [0.25, 0.3) is 0 Å². The van der Waals surface area contributed by atoms with Crippen LogP contribution in [0, 0.1) is 5.92 Å². The van der Waals surface area contributed by atoms with Crippen LogP contribution in [0.25, 0.3) is 0 Å². The van der Waals surface area contributed by atoms with E-state index in [2.05, 4.69) is 17.4 Å². The zero-order chi connectivity index (χ0) is 14.5. The Morgan fingerprint density at radius 3 is 3.05 bits per heavy atom. The highest BCUT2D eigenvalue weighted by Gasteiger charge is 2.29. The summed E-state index contributed by atoms with van der Waals surface area (Å²) in [6.45, 7) is 0.826. The van der Waals surface area contributed by atoms with Crippen molar-refractivity contribution in [3.05, 3.63) is 29.8 Å². The first-order valence-corrected chi connectivity index (χ1v) is 8.91. The van der Waals surface area contributed by atoms with Crippen molar-refractivity contribution in [3.63, 3.8) is 0 Å². The van der Waals surface area contributed by atoms with Crippen LogP contribution in [-0.2, 0) is 6.42 Å². The number of thioether (sulfide) groups is 1. The van der Waals surface area contributed by atoms with Crippen molar-refractivity contribution in [2.24, 2.45) is 10.9 Å². The predicted molar refractivity (Wildman–Crippen MR) is 90.3 cm³/mol. The first-order valence-electron chi connectivity index (χ1n) is 7.92. The van der Waals surface area contributed by atoms with Crippen LogP contribution >= 0.6 is 11.8 Å². The fraction of sp³-hybridized carbons (Fsp3) is 0.588. The largest absolute Gasteiger partial charge is 0.496 e. The minimum Gasteiger partial charge on any atom is -0.496 e. The normalized spacial score (nSPS) is 27.0. The Morgan fingerprint density at radius 2 is 2.14 bits per heavy atom. The van der Waals surface area contributed by atoms with Crippen LogP contribution in [0.5, 0.6) is 5.75 Å². The quantitative estimate of drug-likeness (QED) is 0.924. The Balaban J connectivity index is 1.54. The molecule has 1 heterocycles. The van der Waals surface area contributed by atoms with Gasteiger partial charge in [0.05, 0.1) is 7.11 Å². The van der Waals surface area contributed by atoms with Gasteiger partial charge in [0.15, 0.2) is 5.17 Å². The molecule has 0 bridgehead atoms. The number of hydrogen-bond donors (Lipinski definition) is 1. The first kappa shape index (κ1) is 14.8. The molecule has 1 N–H and O–H groups in total. The van der Waals surface area contributed by atoms with Gasteiger partial charge >= 0.3 is 0 Å². The molecule has 21 heavy (non-hydrogen) atoms. The van der Waals surface area contributed by atoms with E-state index in [1.807, 2.05) is 23.9 Å². The number of ether oxygens (including phenoxy) is 1. The number of hydrogen-bond acceptors (Lipinski definition) is 3. The van der Waals surface area contributed by atoms with Gasteiger partial charge in [-0.15, -0.1) is 0 Å². The van der Waals surface area contributed by atoms with E-state index in [4.69, 9.17) is 9.73 Å². The molecule has 4 heteroatoms. The Hall–Kier alpha value is -1.16. The van der Waals surface area contributed by atoms with Gasteiger partial charge in [-0.25, -0.2) is 0 Å². The summed E-state index contributed by atoms with van der Waals surface area (Å²) in [5.74, 6) is 3.07. The molecule has 1 aliphatic heterocycles. The molecule has 2 fully saturated rings. The van der Waals surface area contributed by atoms with Gasteiger partial charge in [0.1, 0.15) is 5.75 Å². The first-order chi connectivity index (χ1) is 10.4. The highest BCUT2D eigenvalue weighted by molar-refractivity contribution is 8.13. The summed E-state index contributed by atoms with van der Waals surface area (Å²) < 4.78 is 5.39. The Morgan fingerprint density at radius 1 is 1.29 bits per heavy atom. The van der Waals surface area contributed by atoms with Crippen LogP contribution in [0.3, 0.4) is 0 Å². The monoisotopic (exact) mass is 304 g/mol. The lowest BCUT2D eigenvalue weighted by atomic mass is 9.86. The number of methoxy groups -OCH3 is 1. The topological polar surface area (TPSA) is 33.6 Å². The van der Waals surface area contributed by atoms with Crippen molar-refractivity contribution in [2.45, 2.75) is 38.1 Å². The number of nitrogens with one attached hydrogen (secondary N) is 1. The number of nitrogens with zero attached hydrogens (tertiary/aromatic N) is 1. The van der Waals surface area contributed by atoms with E-state index >= 15 is 0 Å². The van der Waals surface area contributed by atoms with E-state index < -0.39 is 0 Å². The predicted octanol–water partition coefficient (Wildman–Crippen LogP) is 3.49. The molecule has 114 valence electrons. The van der Waals surface area contributed by atoms with Crippen LogP contribution in [0.2, 0.25) is 0 Å². The number of benzene rings is 1. The van der Waals surface area contributed by atoms with E-state index in [-0.39, 0.29) is 0 Å². The second-order valence-corrected chi connectivity index (χ2v) is 6.86. The summed E-state index contributed by atoms with van der Waals surface area (Å²) in [5.41, 5.74) is 1.24. The SMILES string of the molecule is COc1ccccc1CCN=C1NC2CCCCC2CS1. The smallest absolute Gasteiger partial charge is 0.156 e. The number of amidine groups is 1. The zero-order valence-corrected chi connectivity index (χ0v) is 13.5. The lowest BCUT2D eigenvalue weighted by Gasteiger charge is -2.36. The Labute approximate surface area is 131 Å². The molecule has 1 saturated heterocycles. The van der Waals surface area contributed by atoms with Gasteiger partial charge in [-0.3, -0.25) is 4.99 Å². The maximum Gasteiger partial charge on any atom is 0.156 e. The van der Waals surface area contributed by atoms with Crippen molar-refractivity contribution in [3.8, 4) is 5.75 Å². The third kappa shape index (κ3) is 3.73. The van der Waals surface area contributed by atoms with Gasteiger partial charge in [-0.2, -0.15) is 0 Å². The Bertz CT molecular complexity index is 503. The molecule has 1 aromatic rings. The lowest BCUT2D eigenvalue weighted by Crippen LogP contribution is -2.46. The molecular formula is C17H24N2OS. The highest BCUT2D eigenvalue weighted by atomic mass is 32.2. The maximum absolute atomic E-state index is 5.39. The van der Waals surface area contributed by atoms with Crippen LogP contribution in [0.1, 0.15) is 31.2 Å². The van der Waals surface area contributed by atoms with E-state index in [1.165, 1.54) is 37.0 Å². The molecule has 2 unspecified atom stereocenters. The molecule has 2 atom stereocenters. The van der Waals surface area contributed by atoms with Crippen molar-refractivity contribution in [1.29, 1.82) is 0 Å². The van der Waals surface area contributed by atoms with Gasteiger partial charge in [-0.05, 0) is 36.8 Å². The molecule has 1 saturated carbocycles. The third-order valence-corrected chi connectivity index (χ3v) is 5.60. The van der Waals surface area contributed by atoms with E-state index in [0.717, 1.165) is 29.8 Å². The molecule has 0 spiro atoms. The second-order valence-electron chi connectivity index (χ2n) is 5.86. The van der Waals surface area contributed by atoms with Crippen LogP contribution in [-0.4, -0.2) is 30.6 Å². The average Bonchev–Trinajstić information content (AvgIpc) is 2.55. The van der Waals surface area contributed by atoms with Gasteiger partial charge in [0, 0.05) is 18.3 Å². The minimum absolute atomic E-state index is 0.671. The fourth-order valence-corrected chi connectivity index (χ4v) is 4.45. The van der Waals surface area contributed by atoms with Gasteiger partial charge in [0.2, 0.25) is 0 Å². The van der Waals surface area contributed by atoms with Crippen molar-refractivity contribution in [1.82, 2.24) is 5.32 Å². The number of aliphatic imine (C=N–C) groups is 1. The van der Waals surface area contributed by atoms with Gasteiger partial charge < -0.3 is 10.1 Å². The molecular weight excluding hydrogens is 280 g/mol. The van der Waals surface area contributed by atoms with E-state index in [9.17, 15) is 0 Å². The minimum atomic E-state index is 0.671. The van der Waals surface area contributed by atoms with Crippen molar-refractivity contribution < 1.29 is 4.74 Å². The van der Waals surface area contributed by atoms with Crippen molar-refractivity contribution in [2.75, 3.05) is 19.4 Å². The maximum atomic E-state index is 5.39. The molecule has 3 nitrogen and oxygen atoms in total. The second kappa shape index (κ2) is 7.21. The summed E-state index contributed by atoms with van der Waals surface area (Å²) in [5, 5.41) is 4.80. The van der Waals surface area contributed by atoms with E-state index in [1.54, 1.807) is 7.11 Å². The number of para-hydroxylation sites is 1. The number of rotatable bonds is 4.